The number of anilines is 1. The number of ether oxygens (including phenoxy) is 1. The van der Waals surface area contributed by atoms with E-state index in [0.717, 1.165) is 11.3 Å². The Morgan fingerprint density at radius 2 is 2.15 bits per heavy atom. The minimum Gasteiger partial charge on any atom is -0.381 e. The maximum absolute atomic E-state index is 11.6. The van der Waals surface area contributed by atoms with Crippen LogP contribution in [-0.2, 0) is 9.53 Å². The summed E-state index contributed by atoms with van der Waals surface area (Å²) in [6.45, 7) is 2.94. The zero-order valence-electron chi connectivity index (χ0n) is 11.4. The first kappa shape index (κ1) is 14.1. The molecule has 0 aliphatic rings. The van der Waals surface area contributed by atoms with E-state index in [2.05, 4.69) is 15.3 Å². The van der Waals surface area contributed by atoms with Crippen LogP contribution in [0.3, 0.4) is 0 Å². The first-order chi connectivity index (χ1) is 9.79. The van der Waals surface area contributed by atoms with Crippen molar-refractivity contribution in [2.75, 3.05) is 18.5 Å². The molecule has 0 saturated heterocycles. The van der Waals surface area contributed by atoms with Crippen LogP contribution in [0.2, 0.25) is 0 Å². The normalized spacial score (nSPS) is 10.2. The molecule has 2 aromatic heterocycles. The van der Waals surface area contributed by atoms with Gasteiger partial charge in [-0.05, 0) is 31.2 Å². The number of pyridine rings is 2. The first-order valence-corrected chi connectivity index (χ1v) is 6.54. The van der Waals surface area contributed by atoms with Crippen molar-refractivity contribution < 1.29 is 9.53 Å². The molecule has 1 N–H and O–H groups in total. The number of carbonyl (C=O) groups excluding carboxylic acids is 1. The Bertz CT molecular complexity index is 541. The van der Waals surface area contributed by atoms with E-state index in [1.807, 2.05) is 31.2 Å². The van der Waals surface area contributed by atoms with Crippen LogP contribution in [0.4, 0.5) is 5.82 Å². The number of hydrogen-bond acceptors (Lipinski definition) is 4. The second-order valence-corrected chi connectivity index (χ2v) is 4.14. The van der Waals surface area contributed by atoms with E-state index in [9.17, 15) is 4.79 Å². The summed E-state index contributed by atoms with van der Waals surface area (Å²) < 4.78 is 5.13. The van der Waals surface area contributed by atoms with Gasteiger partial charge in [-0.2, -0.15) is 0 Å². The largest absolute Gasteiger partial charge is 0.381 e. The van der Waals surface area contributed by atoms with Gasteiger partial charge in [0.25, 0.3) is 0 Å². The van der Waals surface area contributed by atoms with Crippen molar-refractivity contribution in [1.29, 1.82) is 0 Å². The number of carbonyl (C=O) groups is 1. The first-order valence-electron chi connectivity index (χ1n) is 6.54. The topological polar surface area (TPSA) is 64.1 Å². The third-order valence-electron chi connectivity index (χ3n) is 2.67. The van der Waals surface area contributed by atoms with E-state index in [1.54, 1.807) is 18.5 Å². The number of aromatic nitrogens is 2. The van der Waals surface area contributed by atoms with Crippen molar-refractivity contribution >= 4 is 11.7 Å². The highest BCUT2D eigenvalue weighted by Crippen LogP contribution is 2.16. The lowest BCUT2D eigenvalue weighted by Crippen LogP contribution is -2.14. The van der Waals surface area contributed by atoms with Gasteiger partial charge in [-0.25, -0.2) is 4.98 Å². The minimum absolute atomic E-state index is 0.100. The van der Waals surface area contributed by atoms with E-state index in [-0.39, 0.29) is 5.91 Å². The molecule has 104 valence electrons. The van der Waals surface area contributed by atoms with Crippen LogP contribution in [0.1, 0.15) is 13.3 Å². The van der Waals surface area contributed by atoms with Crippen LogP contribution in [-0.4, -0.2) is 29.1 Å². The summed E-state index contributed by atoms with van der Waals surface area (Å²) in [6, 6.07) is 9.35. The van der Waals surface area contributed by atoms with Gasteiger partial charge < -0.3 is 10.1 Å². The molecule has 20 heavy (non-hydrogen) atoms. The Hall–Kier alpha value is -2.27. The third kappa shape index (κ3) is 4.13. The Balaban J connectivity index is 1.93. The minimum atomic E-state index is -0.100. The van der Waals surface area contributed by atoms with Crippen molar-refractivity contribution in [2.24, 2.45) is 0 Å². The van der Waals surface area contributed by atoms with Gasteiger partial charge in [0.1, 0.15) is 5.82 Å². The second kappa shape index (κ2) is 7.35. The summed E-state index contributed by atoms with van der Waals surface area (Å²) in [5, 5.41) is 2.73. The maximum atomic E-state index is 11.6. The average Bonchev–Trinajstić information content (AvgIpc) is 2.49. The lowest BCUT2D eigenvalue weighted by Gasteiger charge is -2.05. The molecular formula is C15H17N3O2. The fraction of sp³-hybridized carbons (Fsp3) is 0.267. The fourth-order valence-electron chi connectivity index (χ4n) is 1.67. The predicted octanol–water partition coefficient (Wildman–Crippen LogP) is 2.51. The molecule has 0 aliphatic heterocycles. The standard InChI is InChI=1S/C15H17N3O2/c1-2-20-10-8-15(19)18-14-7-6-12(11-17-14)13-5-3-4-9-16-13/h3-7,9,11H,2,8,10H2,1H3,(H,17,18,19). The van der Waals surface area contributed by atoms with E-state index in [1.165, 1.54) is 0 Å². The van der Waals surface area contributed by atoms with Crippen LogP contribution >= 0.6 is 0 Å². The van der Waals surface area contributed by atoms with Gasteiger partial charge in [-0.3, -0.25) is 9.78 Å². The highest BCUT2D eigenvalue weighted by atomic mass is 16.5. The molecule has 0 saturated carbocycles. The average molecular weight is 271 g/mol. The molecule has 0 unspecified atom stereocenters. The number of rotatable bonds is 6. The van der Waals surface area contributed by atoms with Crippen LogP contribution in [0.15, 0.2) is 42.7 Å². The predicted molar refractivity (Wildman–Crippen MR) is 77.2 cm³/mol. The Kier molecular flexibility index (Phi) is 5.20. The second-order valence-electron chi connectivity index (χ2n) is 4.14. The molecule has 0 fully saturated rings. The molecule has 5 heteroatoms. The van der Waals surface area contributed by atoms with Gasteiger partial charge in [-0.1, -0.05) is 6.07 Å². The molecule has 0 aliphatic carbocycles. The molecule has 1 amide bonds. The Morgan fingerprint density at radius 3 is 2.80 bits per heavy atom. The molecule has 2 heterocycles. The number of hydrogen-bond donors (Lipinski definition) is 1. The molecule has 0 spiro atoms. The SMILES string of the molecule is CCOCCC(=O)Nc1ccc(-c2ccccn2)cn1. The van der Waals surface area contributed by atoms with Gasteiger partial charge in [-0.15, -0.1) is 0 Å². The smallest absolute Gasteiger partial charge is 0.227 e. The van der Waals surface area contributed by atoms with Gasteiger partial charge in [0.2, 0.25) is 5.91 Å². The molecule has 5 nitrogen and oxygen atoms in total. The molecular weight excluding hydrogens is 254 g/mol. The summed E-state index contributed by atoms with van der Waals surface area (Å²) >= 11 is 0. The summed E-state index contributed by atoms with van der Waals surface area (Å²) in [5.41, 5.74) is 1.77. The number of nitrogens with zero attached hydrogens (tertiary/aromatic N) is 2. The van der Waals surface area contributed by atoms with Gasteiger partial charge in [0.15, 0.2) is 0 Å². The quantitative estimate of drug-likeness (QED) is 0.820. The van der Waals surface area contributed by atoms with Crippen LogP contribution < -0.4 is 5.32 Å². The van der Waals surface area contributed by atoms with E-state index in [4.69, 9.17) is 4.74 Å². The van der Waals surface area contributed by atoms with Crippen LogP contribution in [0.5, 0.6) is 0 Å². The monoisotopic (exact) mass is 271 g/mol. The maximum Gasteiger partial charge on any atom is 0.227 e. The highest BCUT2D eigenvalue weighted by molar-refractivity contribution is 5.89. The zero-order valence-corrected chi connectivity index (χ0v) is 11.4. The van der Waals surface area contributed by atoms with Crippen molar-refractivity contribution in [3.05, 3.63) is 42.7 Å². The van der Waals surface area contributed by atoms with Gasteiger partial charge in [0.05, 0.1) is 18.7 Å². The summed E-state index contributed by atoms with van der Waals surface area (Å²) in [4.78, 5) is 20.1. The van der Waals surface area contributed by atoms with E-state index in [0.29, 0.717) is 25.5 Å². The molecule has 2 rings (SSSR count). The van der Waals surface area contributed by atoms with Crippen LogP contribution in [0, 0.1) is 0 Å². The Morgan fingerprint density at radius 1 is 1.25 bits per heavy atom. The molecule has 2 aromatic rings. The third-order valence-corrected chi connectivity index (χ3v) is 2.67. The van der Waals surface area contributed by atoms with E-state index >= 15 is 0 Å². The summed E-state index contributed by atoms with van der Waals surface area (Å²) in [6.07, 6.45) is 3.76. The van der Waals surface area contributed by atoms with Crippen molar-refractivity contribution in [1.82, 2.24) is 9.97 Å². The van der Waals surface area contributed by atoms with E-state index < -0.39 is 0 Å². The van der Waals surface area contributed by atoms with Crippen molar-refractivity contribution in [2.45, 2.75) is 13.3 Å². The summed E-state index contributed by atoms with van der Waals surface area (Å²) in [7, 11) is 0. The summed E-state index contributed by atoms with van der Waals surface area (Å²) in [5.74, 6) is 0.433. The fourth-order valence-corrected chi connectivity index (χ4v) is 1.67. The van der Waals surface area contributed by atoms with Gasteiger partial charge in [0, 0.05) is 24.6 Å². The zero-order chi connectivity index (χ0) is 14.2. The Labute approximate surface area is 118 Å². The number of nitrogens with one attached hydrogen (secondary N) is 1. The highest BCUT2D eigenvalue weighted by Gasteiger charge is 2.04. The molecule has 0 atom stereocenters. The van der Waals surface area contributed by atoms with Crippen molar-refractivity contribution in [3.63, 3.8) is 0 Å². The number of amides is 1. The molecule has 0 aromatic carbocycles. The lowest BCUT2D eigenvalue weighted by atomic mass is 10.2. The molecule has 0 radical (unpaired) electrons. The van der Waals surface area contributed by atoms with Crippen molar-refractivity contribution in [3.8, 4) is 11.3 Å². The lowest BCUT2D eigenvalue weighted by molar-refractivity contribution is -0.117. The van der Waals surface area contributed by atoms with Gasteiger partial charge >= 0.3 is 0 Å². The van der Waals surface area contributed by atoms with Crippen LogP contribution in [0.25, 0.3) is 11.3 Å². The molecule has 0 bridgehead atoms.